The highest BCUT2D eigenvalue weighted by molar-refractivity contribution is 7.90. The summed E-state index contributed by atoms with van der Waals surface area (Å²) in [5.41, 5.74) is -0.919. The Hall–Kier alpha value is -2.47. The normalized spacial score (nSPS) is 12.2. The molecule has 106 valence electrons. The van der Waals surface area contributed by atoms with Gasteiger partial charge in [0.05, 0.1) is 10.5 Å². The summed E-state index contributed by atoms with van der Waals surface area (Å²) in [4.78, 5) is 21.1. The van der Waals surface area contributed by atoms with Crippen LogP contribution in [0.15, 0.2) is 23.1 Å². The van der Waals surface area contributed by atoms with Crippen molar-refractivity contribution in [3.63, 3.8) is 0 Å². The van der Waals surface area contributed by atoms with Gasteiger partial charge in [-0.25, -0.2) is 13.2 Å². The minimum absolute atomic E-state index is 0.203. The van der Waals surface area contributed by atoms with Crippen molar-refractivity contribution in [1.82, 2.24) is 0 Å². The van der Waals surface area contributed by atoms with E-state index < -0.39 is 37.4 Å². The summed E-state index contributed by atoms with van der Waals surface area (Å²) in [5.74, 6) is -0.942. The summed E-state index contributed by atoms with van der Waals surface area (Å²) < 4.78 is 27.5. The fourth-order valence-electron chi connectivity index (χ4n) is 1.36. The Kier molecular flexibility index (Phi) is 4.41. The molecule has 0 saturated carbocycles. The fraction of sp³-hybridized carbons (Fsp3) is 0.273. The summed E-state index contributed by atoms with van der Waals surface area (Å²) in [6, 6.07) is 4.53. The second-order valence-corrected chi connectivity index (χ2v) is 5.87. The van der Waals surface area contributed by atoms with Gasteiger partial charge in [0, 0.05) is 12.3 Å². The first-order valence-corrected chi connectivity index (χ1v) is 7.15. The number of nitro benzene ring substituents is 1. The number of benzene rings is 1. The number of sulfone groups is 1. The number of nitrogens with zero attached hydrogens (tertiary/aromatic N) is 2. The quantitative estimate of drug-likeness (QED) is 0.462. The highest BCUT2D eigenvalue weighted by Gasteiger charge is 2.24. The third-order valence-corrected chi connectivity index (χ3v) is 3.40. The molecule has 0 radical (unpaired) electrons. The molecule has 0 saturated heterocycles. The Morgan fingerprint density at radius 3 is 2.55 bits per heavy atom. The first-order chi connectivity index (χ1) is 9.16. The van der Waals surface area contributed by atoms with Gasteiger partial charge in [-0.15, -0.1) is 0 Å². The minimum Gasteiger partial charge on any atom is -0.444 e. The van der Waals surface area contributed by atoms with Gasteiger partial charge in [0.25, 0.3) is 5.69 Å². The van der Waals surface area contributed by atoms with E-state index in [-0.39, 0.29) is 5.56 Å². The van der Waals surface area contributed by atoms with Gasteiger partial charge >= 0.3 is 5.97 Å². The smallest absolute Gasteiger partial charge is 0.339 e. The number of esters is 1. The number of hydrogen-bond acceptors (Lipinski definition) is 7. The third-order valence-electron chi connectivity index (χ3n) is 2.26. The highest BCUT2D eigenvalue weighted by atomic mass is 32.2. The predicted molar refractivity (Wildman–Crippen MR) is 66.7 cm³/mol. The molecule has 20 heavy (non-hydrogen) atoms. The molecule has 0 aliphatic heterocycles. The molecular formula is C11H10N2O6S. The van der Waals surface area contributed by atoms with Crippen LogP contribution in [0.5, 0.6) is 0 Å². The summed E-state index contributed by atoms with van der Waals surface area (Å²) in [5, 5.41) is 19.4. The van der Waals surface area contributed by atoms with Gasteiger partial charge in [0.2, 0.25) is 0 Å². The molecule has 0 amide bonds. The van der Waals surface area contributed by atoms with Crippen LogP contribution < -0.4 is 0 Å². The van der Waals surface area contributed by atoms with Crippen molar-refractivity contribution < 1.29 is 22.9 Å². The number of nitriles is 1. The van der Waals surface area contributed by atoms with Crippen molar-refractivity contribution >= 4 is 21.5 Å². The lowest BCUT2D eigenvalue weighted by Gasteiger charge is -2.07. The molecule has 0 aliphatic rings. The first-order valence-electron chi connectivity index (χ1n) is 5.26. The molecule has 0 aromatic heterocycles. The van der Waals surface area contributed by atoms with Gasteiger partial charge in [0.1, 0.15) is 11.0 Å². The van der Waals surface area contributed by atoms with Gasteiger partial charge in [-0.3, -0.25) is 10.1 Å². The molecule has 8 nitrogen and oxygen atoms in total. The van der Waals surface area contributed by atoms with E-state index in [1.807, 2.05) is 0 Å². The lowest BCUT2D eigenvalue weighted by molar-refractivity contribution is -0.387. The number of carbonyl (C=O) groups excluding carboxylic acids is 1. The Labute approximate surface area is 114 Å². The first kappa shape index (κ1) is 15.6. The van der Waals surface area contributed by atoms with Gasteiger partial charge < -0.3 is 4.74 Å². The van der Waals surface area contributed by atoms with Crippen LogP contribution in [-0.4, -0.2) is 31.7 Å². The van der Waals surface area contributed by atoms with Crippen LogP contribution in [0.3, 0.4) is 0 Å². The monoisotopic (exact) mass is 298 g/mol. The molecule has 1 atom stereocenters. The van der Waals surface area contributed by atoms with Crippen LogP contribution in [-0.2, 0) is 14.6 Å². The molecular weight excluding hydrogens is 288 g/mol. The Morgan fingerprint density at radius 2 is 2.10 bits per heavy atom. The third kappa shape index (κ3) is 3.52. The second kappa shape index (κ2) is 5.66. The zero-order chi connectivity index (χ0) is 15.5. The second-order valence-electron chi connectivity index (χ2n) is 3.89. The van der Waals surface area contributed by atoms with Gasteiger partial charge in [-0.05, 0) is 19.1 Å². The van der Waals surface area contributed by atoms with Crippen LogP contribution in [0.25, 0.3) is 0 Å². The van der Waals surface area contributed by atoms with E-state index in [1.165, 1.54) is 6.92 Å². The average molecular weight is 298 g/mol. The topological polar surface area (TPSA) is 127 Å². The molecule has 0 heterocycles. The van der Waals surface area contributed by atoms with Crippen LogP contribution >= 0.6 is 0 Å². The van der Waals surface area contributed by atoms with Crippen molar-refractivity contribution in [3.8, 4) is 6.07 Å². The van der Waals surface area contributed by atoms with Crippen LogP contribution in [0.4, 0.5) is 5.69 Å². The maximum atomic E-state index is 11.6. The Morgan fingerprint density at radius 1 is 1.50 bits per heavy atom. The largest absolute Gasteiger partial charge is 0.444 e. The predicted octanol–water partition coefficient (Wildman–Crippen LogP) is 1.07. The van der Waals surface area contributed by atoms with Crippen molar-refractivity contribution in [3.05, 3.63) is 33.9 Å². The van der Waals surface area contributed by atoms with E-state index in [9.17, 15) is 23.3 Å². The van der Waals surface area contributed by atoms with Gasteiger partial charge in [0.15, 0.2) is 15.9 Å². The molecule has 0 spiro atoms. The number of ether oxygens (including phenoxy) is 1. The molecule has 1 aromatic rings. The molecule has 0 unspecified atom stereocenters. The summed E-state index contributed by atoms with van der Waals surface area (Å²) in [6.45, 7) is 1.33. The minimum atomic E-state index is -3.79. The zero-order valence-electron chi connectivity index (χ0n) is 10.6. The lowest BCUT2D eigenvalue weighted by atomic mass is 10.2. The van der Waals surface area contributed by atoms with Crippen LogP contribution in [0.2, 0.25) is 0 Å². The lowest BCUT2D eigenvalue weighted by Crippen LogP contribution is -2.14. The van der Waals surface area contributed by atoms with Crippen molar-refractivity contribution in [1.29, 1.82) is 5.26 Å². The van der Waals surface area contributed by atoms with E-state index in [0.717, 1.165) is 24.5 Å². The van der Waals surface area contributed by atoms with Crippen LogP contribution in [0.1, 0.15) is 17.3 Å². The summed E-state index contributed by atoms with van der Waals surface area (Å²) >= 11 is 0. The van der Waals surface area contributed by atoms with E-state index in [1.54, 1.807) is 6.07 Å². The van der Waals surface area contributed by atoms with Crippen molar-refractivity contribution in [2.75, 3.05) is 6.26 Å². The zero-order valence-corrected chi connectivity index (χ0v) is 11.4. The standard InChI is InChI=1S/C11H10N2O6S/c1-7(6-12)19-11(14)8-3-4-10(20(2,17)18)9(5-8)13(15)16/h3-5,7H,1-2H3/t7-/m1/s1. The molecule has 1 rings (SSSR count). The van der Waals surface area contributed by atoms with E-state index in [4.69, 9.17) is 5.26 Å². The maximum absolute atomic E-state index is 11.6. The molecule has 0 aliphatic carbocycles. The molecule has 9 heteroatoms. The Balaban J connectivity index is 3.29. The Bertz CT molecular complexity index is 704. The van der Waals surface area contributed by atoms with E-state index in [2.05, 4.69) is 4.74 Å². The van der Waals surface area contributed by atoms with Gasteiger partial charge in [-0.2, -0.15) is 5.26 Å². The summed E-state index contributed by atoms with van der Waals surface area (Å²) in [7, 11) is -3.79. The fourth-order valence-corrected chi connectivity index (χ4v) is 2.18. The van der Waals surface area contributed by atoms with Gasteiger partial charge in [-0.1, -0.05) is 0 Å². The number of carbonyl (C=O) groups is 1. The van der Waals surface area contributed by atoms with E-state index >= 15 is 0 Å². The molecule has 0 N–H and O–H groups in total. The number of hydrogen-bond donors (Lipinski definition) is 0. The molecule has 1 aromatic carbocycles. The molecule has 0 fully saturated rings. The molecule has 0 bridgehead atoms. The number of rotatable bonds is 4. The van der Waals surface area contributed by atoms with Crippen LogP contribution in [0, 0.1) is 21.4 Å². The highest BCUT2D eigenvalue weighted by Crippen LogP contribution is 2.25. The summed E-state index contributed by atoms with van der Waals surface area (Å²) in [6.07, 6.45) is -0.193. The van der Waals surface area contributed by atoms with E-state index in [0.29, 0.717) is 0 Å². The maximum Gasteiger partial charge on any atom is 0.339 e. The van der Waals surface area contributed by atoms with Crippen molar-refractivity contribution in [2.45, 2.75) is 17.9 Å². The number of nitro groups is 1. The average Bonchev–Trinajstić information content (AvgIpc) is 2.36. The van der Waals surface area contributed by atoms with Crippen molar-refractivity contribution in [2.24, 2.45) is 0 Å². The SMILES string of the molecule is C[C@H](C#N)OC(=O)c1ccc(S(C)(=O)=O)c([N+](=O)[O-])c1.